The molecule has 0 aliphatic heterocycles. The standard InChI is InChI=1S/C14H13N3O2/c1-11-5-7-12(8-6-11)14(18)17(19)16-10-13-4-2-3-9-15-13/h2-10,17H,1H3. The molecule has 1 amide bonds. The van der Waals surface area contributed by atoms with Crippen molar-refractivity contribution in [3.8, 4) is 0 Å². The van der Waals surface area contributed by atoms with E-state index in [4.69, 9.17) is 0 Å². The zero-order chi connectivity index (χ0) is 13.7. The maximum Gasteiger partial charge on any atom is 0.370 e. The van der Waals surface area contributed by atoms with Crippen molar-refractivity contribution >= 4 is 12.1 Å². The number of nitrogens with one attached hydrogen (secondary N) is 1. The number of hydroxylamine groups is 1. The monoisotopic (exact) mass is 255 g/mol. The van der Waals surface area contributed by atoms with Gasteiger partial charge < -0.3 is 5.21 Å². The Hall–Kier alpha value is -2.37. The van der Waals surface area contributed by atoms with Gasteiger partial charge in [-0.25, -0.2) is 4.79 Å². The molecule has 1 aromatic heterocycles. The number of rotatable bonds is 3. The highest BCUT2D eigenvalue weighted by molar-refractivity contribution is 5.87. The number of pyridine rings is 1. The van der Waals surface area contributed by atoms with Crippen LogP contribution in [0, 0.1) is 12.1 Å². The third-order valence-electron chi connectivity index (χ3n) is 2.51. The van der Waals surface area contributed by atoms with Gasteiger partial charge in [0.25, 0.3) is 0 Å². The minimum absolute atomic E-state index is 0.341. The maximum absolute atomic E-state index is 11.8. The predicted octanol–water partition coefficient (Wildman–Crippen LogP) is 0.947. The van der Waals surface area contributed by atoms with E-state index in [-0.39, 0.29) is 0 Å². The van der Waals surface area contributed by atoms with Crippen LogP contribution in [0.25, 0.3) is 0 Å². The molecule has 19 heavy (non-hydrogen) atoms. The lowest BCUT2D eigenvalue weighted by atomic mass is 10.1. The molecular weight excluding hydrogens is 242 g/mol. The molecule has 2 rings (SSSR count). The Morgan fingerprint density at radius 3 is 2.63 bits per heavy atom. The molecular formula is C14H13N3O2. The fourth-order valence-electron chi connectivity index (χ4n) is 1.46. The lowest BCUT2D eigenvalue weighted by Crippen LogP contribution is -3.05. The first kappa shape index (κ1) is 13.1. The SMILES string of the molecule is Cc1ccc(C(=O)[NH+]([O-])N=Cc2ccccn2)cc1. The van der Waals surface area contributed by atoms with Gasteiger partial charge in [0, 0.05) is 6.20 Å². The summed E-state index contributed by atoms with van der Waals surface area (Å²) < 4.78 is 0. The van der Waals surface area contributed by atoms with Gasteiger partial charge >= 0.3 is 5.91 Å². The largest absolute Gasteiger partial charge is 0.599 e. The van der Waals surface area contributed by atoms with Crippen LogP contribution in [0.5, 0.6) is 0 Å². The Bertz CT molecular complexity index is 579. The van der Waals surface area contributed by atoms with Crippen molar-refractivity contribution in [3.63, 3.8) is 0 Å². The Balaban J connectivity index is 2.07. The molecule has 0 spiro atoms. The highest BCUT2D eigenvalue weighted by atomic mass is 16.5. The van der Waals surface area contributed by atoms with Gasteiger partial charge in [-0.15, -0.1) is 0 Å². The number of amides is 1. The minimum Gasteiger partial charge on any atom is -0.599 e. The van der Waals surface area contributed by atoms with Crippen molar-refractivity contribution in [2.45, 2.75) is 6.92 Å². The molecule has 5 heteroatoms. The number of hydrogen-bond donors (Lipinski definition) is 1. The number of aromatic nitrogens is 1. The van der Waals surface area contributed by atoms with Crippen LogP contribution in [0.15, 0.2) is 53.8 Å². The molecule has 2 aromatic rings. The minimum atomic E-state index is -0.797. The van der Waals surface area contributed by atoms with Gasteiger partial charge in [0.05, 0.1) is 11.3 Å². The molecule has 96 valence electrons. The van der Waals surface area contributed by atoms with Crippen LogP contribution in [-0.2, 0) is 0 Å². The summed E-state index contributed by atoms with van der Waals surface area (Å²) in [6.07, 6.45) is 2.88. The molecule has 1 heterocycles. The second-order valence-corrected chi connectivity index (χ2v) is 4.01. The van der Waals surface area contributed by atoms with Crippen molar-refractivity contribution in [3.05, 3.63) is 70.7 Å². The molecule has 0 saturated heterocycles. The summed E-state index contributed by atoms with van der Waals surface area (Å²) in [4.78, 5) is 15.8. The first-order valence-corrected chi connectivity index (χ1v) is 5.77. The van der Waals surface area contributed by atoms with Crippen molar-refractivity contribution in [2.75, 3.05) is 0 Å². The summed E-state index contributed by atoms with van der Waals surface area (Å²) in [5.74, 6) is -0.618. The van der Waals surface area contributed by atoms with Crippen LogP contribution in [0.1, 0.15) is 21.6 Å². The molecule has 1 N–H and O–H groups in total. The van der Waals surface area contributed by atoms with Crippen LogP contribution in [0.4, 0.5) is 0 Å². The number of carbonyl (C=O) groups excluding carboxylic acids is 1. The number of aryl methyl sites for hydroxylation is 1. The van der Waals surface area contributed by atoms with E-state index in [9.17, 15) is 10.0 Å². The second-order valence-electron chi connectivity index (χ2n) is 4.01. The van der Waals surface area contributed by atoms with Gasteiger partial charge in [-0.2, -0.15) is 5.17 Å². The van der Waals surface area contributed by atoms with E-state index in [0.29, 0.717) is 11.3 Å². The molecule has 5 nitrogen and oxygen atoms in total. The second kappa shape index (κ2) is 5.99. The first-order valence-electron chi connectivity index (χ1n) is 5.77. The quantitative estimate of drug-likeness (QED) is 0.655. The molecule has 1 aromatic carbocycles. The molecule has 1 atom stereocenters. The van der Waals surface area contributed by atoms with E-state index in [0.717, 1.165) is 5.56 Å². The maximum atomic E-state index is 11.8. The summed E-state index contributed by atoms with van der Waals surface area (Å²) in [6, 6.07) is 12.0. The van der Waals surface area contributed by atoms with Crippen molar-refractivity contribution in [1.82, 2.24) is 4.98 Å². The van der Waals surface area contributed by atoms with Crippen LogP contribution >= 0.6 is 0 Å². The molecule has 0 saturated carbocycles. The van der Waals surface area contributed by atoms with Crippen LogP contribution < -0.4 is 5.17 Å². The number of quaternary nitrogens is 1. The summed E-state index contributed by atoms with van der Waals surface area (Å²) in [5, 5.41) is 14.4. The number of nitrogens with zero attached hydrogens (tertiary/aromatic N) is 2. The molecule has 0 radical (unpaired) electrons. The highest BCUT2D eigenvalue weighted by Gasteiger charge is 2.13. The van der Waals surface area contributed by atoms with Gasteiger partial charge in [0.2, 0.25) is 0 Å². The summed E-state index contributed by atoms with van der Waals surface area (Å²) in [7, 11) is 0. The average molecular weight is 255 g/mol. The van der Waals surface area contributed by atoms with Crippen molar-refractivity contribution in [1.29, 1.82) is 0 Å². The van der Waals surface area contributed by atoms with Gasteiger partial charge in [-0.05, 0) is 31.2 Å². The smallest absolute Gasteiger partial charge is 0.370 e. The van der Waals surface area contributed by atoms with E-state index >= 15 is 0 Å². The van der Waals surface area contributed by atoms with E-state index in [1.54, 1.807) is 48.7 Å². The topological polar surface area (TPSA) is 69.8 Å². The van der Waals surface area contributed by atoms with Crippen LogP contribution in [-0.4, -0.2) is 17.1 Å². The van der Waals surface area contributed by atoms with Crippen LogP contribution in [0.2, 0.25) is 0 Å². The van der Waals surface area contributed by atoms with Crippen LogP contribution in [0.3, 0.4) is 0 Å². The van der Waals surface area contributed by atoms with Crippen molar-refractivity contribution in [2.24, 2.45) is 5.10 Å². The third kappa shape index (κ3) is 3.54. The predicted molar refractivity (Wildman–Crippen MR) is 71.7 cm³/mol. The lowest BCUT2D eigenvalue weighted by molar-refractivity contribution is -0.764. The fourth-order valence-corrected chi connectivity index (χ4v) is 1.46. The van der Waals surface area contributed by atoms with E-state index in [1.165, 1.54) is 6.21 Å². The third-order valence-corrected chi connectivity index (χ3v) is 2.51. The summed E-state index contributed by atoms with van der Waals surface area (Å²) >= 11 is 0. The summed E-state index contributed by atoms with van der Waals surface area (Å²) in [5.41, 5.74) is 1.90. The van der Waals surface area contributed by atoms with Crippen molar-refractivity contribution < 1.29 is 9.97 Å². The summed E-state index contributed by atoms with van der Waals surface area (Å²) in [6.45, 7) is 1.91. The lowest BCUT2D eigenvalue weighted by Gasteiger charge is -2.11. The molecule has 0 aliphatic rings. The molecule has 1 unspecified atom stereocenters. The Morgan fingerprint density at radius 1 is 1.26 bits per heavy atom. The van der Waals surface area contributed by atoms with E-state index < -0.39 is 11.1 Å². The molecule has 0 aliphatic carbocycles. The van der Waals surface area contributed by atoms with E-state index in [1.807, 2.05) is 6.92 Å². The number of hydrogen-bond acceptors (Lipinski definition) is 4. The van der Waals surface area contributed by atoms with Gasteiger partial charge in [0.1, 0.15) is 6.21 Å². The fraction of sp³-hybridized carbons (Fsp3) is 0.0714. The van der Waals surface area contributed by atoms with E-state index in [2.05, 4.69) is 10.1 Å². The average Bonchev–Trinajstić information content (AvgIpc) is 2.46. The Labute approximate surface area is 110 Å². The molecule has 0 bridgehead atoms. The zero-order valence-electron chi connectivity index (χ0n) is 10.4. The number of carbonyl (C=O) groups is 1. The Morgan fingerprint density at radius 2 is 2.00 bits per heavy atom. The Kier molecular flexibility index (Phi) is 4.12. The highest BCUT2D eigenvalue weighted by Crippen LogP contribution is 2.01. The van der Waals surface area contributed by atoms with Gasteiger partial charge in [-0.1, -0.05) is 28.9 Å². The zero-order valence-corrected chi connectivity index (χ0v) is 10.4. The normalized spacial score (nSPS) is 12.5. The first-order chi connectivity index (χ1) is 9.16. The van der Waals surface area contributed by atoms with Gasteiger partial charge in [-0.3, -0.25) is 4.98 Å². The molecule has 0 fully saturated rings. The van der Waals surface area contributed by atoms with Gasteiger partial charge in [0.15, 0.2) is 0 Å². The number of benzene rings is 1.